The quantitative estimate of drug-likeness (QED) is 0.464. The summed E-state index contributed by atoms with van der Waals surface area (Å²) in [5.74, 6) is 0.949. The predicted octanol–water partition coefficient (Wildman–Crippen LogP) is 1.92. The number of ether oxygens (including phenoxy) is 1. The monoisotopic (exact) mass is 169 g/mol. The second kappa shape index (κ2) is 5.20. The Bertz CT molecular complexity index is 132. The molecule has 1 atom stereocenters. The van der Waals surface area contributed by atoms with Crippen LogP contribution in [0, 0.1) is 5.92 Å². The van der Waals surface area contributed by atoms with Gasteiger partial charge in [-0.2, -0.15) is 0 Å². The topological polar surface area (TPSA) is 21.3 Å². The largest absolute Gasteiger partial charge is 0.502 e. The standard InChI is InChI=1S/C10H19NO/c1-3-12-8-4-7-11-9(2)10-5-6-10/h3,9-11H,1,4-8H2,2H3. The lowest BCUT2D eigenvalue weighted by molar-refractivity contribution is 0.242. The van der Waals surface area contributed by atoms with Crippen molar-refractivity contribution >= 4 is 0 Å². The van der Waals surface area contributed by atoms with Crippen molar-refractivity contribution in [3.05, 3.63) is 12.8 Å². The van der Waals surface area contributed by atoms with Gasteiger partial charge in [0.1, 0.15) is 0 Å². The zero-order valence-electron chi connectivity index (χ0n) is 7.88. The van der Waals surface area contributed by atoms with E-state index in [-0.39, 0.29) is 0 Å². The Balaban J connectivity index is 1.84. The zero-order valence-corrected chi connectivity index (χ0v) is 7.88. The normalized spacial score (nSPS) is 18.8. The predicted molar refractivity (Wildman–Crippen MR) is 51.0 cm³/mol. The van der Waals surface area contributed by atoms with Gasteiger partial charge in [0.05, 0.1) is 12.9 Å². The molecular formula is C10H19NO. The molecule has 0 aromatic rings. The molecule has 2 nitrogen and oxygen atoms in total. The Morgan fingerprint density at radius 1 is 1.67 bits per heavy atom. The highest BCUT2D eigenvalue weighted by Gasteiger charge is 2.26. The molecule has 0 spiro atoms. The van der Waals surface area contributed by atoms with Crippen molar-refractivity contribution in [2.45, 2.75) is 32.2 Å². The van der Waals surface area contributed by atoms with Crippen molar-refractivity contribution in [3.8, 4) is 0 Å². The SMILES string of the molecule is C=COCCCNC(C)C1CC1. The number of rotatable bonds is 7. The molecule has 1 unspecified atom stereocenters. The lowest BCUT2D eigenvalue weighted by Gasteiger charge is -2.11. The summed E-state index contributed by atoms with van der Waals surface area (Å²) in [5.41, 5.74) is 0. The van der Waals surface area contributed by atoms with Crippen molar-refractivity contribution in [1.82, 2.24) is 5.32 Å². The molecule has 0 saturated heterocycles. The average molecular weight is 169 g/mol. The van der Waals surface area contributed by atoms with E-state index < -0.39 is 0 Å². The third-order valence-electron chi connectivity index (χ3n) is 2.35. The van der Waals surface area contributed by atoms with Crippen LogP contribution in [0.1, 0.15) is 26.2 Å². The first-order valence-corrected chi connectivity index (χ1v) is 4.80. The smallest absolute Gasteiger partial charge is 0.0885 e. The minimum absolute atomic E-state index is 0.703. The summed E-state index contributed by atoms with van der Waals surface area (Å²) >= 11 is 0. The first-order valence-electron chi connectivity index (χ1n) is 4.80. The van der Waals surface area contributed by atoms with Crippen molar-refractivity contribution in [3.63, 3.8) is 0 Å². The van der Waals surface area contributed by atoms with E-state index in [1.165, 1.54) is 19.1 Å². The fraction of sp³-hybridized carbons (Fsp3) is 0.800. The van der Waals surface area contributed by atoms with Gasteiger partial charge < -0.3 is 10.1 Å². The van der Waals surface area contributed by atoms with E-state index in [9.17, 15) is 0 Å². The third-order valence-corrected chi connectivity index (χ3v) is 2.35. The molecule has 70 valence electrons. The van der Waals surface area contributed by atoms with Gasteiger partial charge in [-0.25, -0.2) is 0 Å². The molecule has 0 bridgehead atoms. The van der Waals surface area contributed by atoms with Crippen LogP contribution in [0.25, 0.3) is 0 Å². The average Bonchev–Trinajstić information content (AvgIpc) is 2.86. The molecular weight excluding hydrogens is 150 g/mol. The molecule has 0 aromatic heterocycles. The Morgan fingerprint density at radius 2 is 2.42 bits per heavy atom. The number of hydrogen-bond acceptors (Lipinski definition) is 2. The summed E-state index contributed by atoms with van der Waals surface area (Å²) in [7, 11) is 0. The van der Waals surface area contributed by atoms with E-state index in [2.05, 4.69) is 18.8 Å². The van der Waals surface area contributed by atoms with Crippen molar-refractivity contribution < 1.29 is 4.74 Å². The lowest BCUT2D eigenvalue weighted by atomic mass is 10.2. The van der Waals surface area contributed by atoms with Crippen LogP contribution >= 0.6 is 0 Å². The van der Waals surface area contributed by atoms with E-state index in [1.54, 1.807) is 0 Å². The highest BCUT2D eigenvalue weighted by molar-refractivity contribution is 4.82. The molecule has 0 amide bonds. The number of nitrogens with one attached hydrogen (secondary N) is 1. The molecule has 1 aliphatic carbocycles. The Hall–Kier alpha value is -0.500. The van der Waals surface area contributed by atoms with Crippen LogP contribution in [0.5, 0.6) is 0 Å². The minimum Gasteiger partial charge on any atom is -0.502 e. The summed E-state index contributed by atoms with van der Waals surface area (Å²) in [6.45, 7) is 7.61. The van der Waals surface area contributed by atoms with Gasteiger partial charge in [0.25, 0.3) is 0 Å². The summed E-state index contributed by atoms with van der Waals surface area (Å²) < 4.78 is 5.02. The first kappa shape index (κ1) is 9.59. The van der Waals surface area contributed by atoms with E-state index >= 15 is 0 Å². The van der Waals surface area contributed by atoms with Crippen molar-refractivity contribution in [1.29, 1.82) is 0 Å². The van der Waals surface area contributed by atoms with Gasteiger partial charge in [-0.15, -0.1) is 0 Å². The van der Waals surface area contributed by atoms with E-state index in [1.807, 2.05) is 0 Å². The minimum atomic E-state index is 0.703. The molecule has 1 saturated carbocycles. The molecule has 0 aromatic carbocycles. The van der Waals surface area contributed by atoms with Crippen LogP contribution in [0.2, 0.25) is 0 Å². The van der Waals surface area contributed by atoms with Crippen molar-refractivity contribution in [2.24, 2.45) is 5.92 Å². The van der Waals surface area contributed by atoms with E-state index in [0.717, 1.165) is 25.5 Å². The first-order chi connectivity index (χ1) is 5.84. The van der Waals surface area contributed by atoms with Gasteiger partial charge in [0.15, 0.2) is 0 Å². The highest BCUT2D eigenvalue weighted by Crippen LogP contribution is 2.32. The maximum Gasteiger partial charge on any atom is 0.0885 e. The van der Waals surface area contributed by atoms with Crippen LogP contribution in [-0.2, 0) is 4.74 Å². The van der Waals surface area contributed by atoms with Crippen LogP contribution in [0.3, 0.4) is 0 Å². The van der Waals surface area contributed by atoms with Gasteiger partial charge in [0, 0.05) is 6.04 Å². The highest BCUT2D eigenvalue weighted by atomic mass is 16.5. The maximum absolute atomic E-state index is 5.02. The third kappa shape index (κ3) is 3.77. The molecule has 12 heavy (non-hydrogen) atoms. The van der Waals surface area contributed by atoms with Gasteiger partial charge in [-0.3, -0.25) is 0 Å². The lowest BCUT2D eigenvalue weighted by Crippen LogP contribution is -2.29. The Kier molecular flexibility index (Phi) is 4.15. The maximum atomic E-state index is 5.02. The molecule has 1 fully saturated rings. The van der Waals surface area contributed by atoms with Gasteiger partial charge >= 0.3 is 0 Å². The van der Waals surface area contributed by atoms with Crippen LogP contribution in [0.4, 0.5) is 0 Å². The van der Waals surface area contributed by atoms with Crippen LogP contribution < -0.4 is 5.32 Å². The van der Waals surface area contributed by atoms with Gasteiger partial charge in [0.2, 0.25) is 0 Å². The summed E-state index contributed by atoms with van der Waals surface area (Å²) in [6.07, 6.45) is 5.40. The summed E-state index contributed by atoms with van der Waals surface area (Å²) in [6, 6.07) is 0.703. The number of hydrogen-bond donors (Lipinski definition) is 1. The summed E-state index contributed by atoms with van der Waals surface area (Å²) in [4.78, 5) is 0. The second-order valence-corrected chi connectivity index (χ2v) is 3.47. The molecule has 1 N–H and O–H groups in total. The summed E-state index contributed by atoms with van der Waals surface area (Å²) in [5, 5.41) is 3.49. The van der Waals surface area contributed by atoms with E-state index in [0.29, 0.717) is 6.04 Å². The second-order valence-electron chi connectivity index (χ2n) is 3.47. The van der Waals surface area contributed by atoms with Crippen LogP contribution in [0.15, 0.2) is 12.8 Å². The Labute approximate surface area is 75.0 Å². The molecule has 1 rings (SSSR count). The van der Waals surface area contributed by atoms with E-state index in [4.69, 9.17) is 4.74 Å². The molecule has 1 aliphatic rings. The zero-order chi connectivity index (χ0) is 8.81. The Morgan fingerprint density at radius 3 is 3.00 bits per heavy atom. The van der Waals surface area contributed by atoms with Crippen molar-refractivity contribution in [2.75, 3.05) is 13.2 Å². The molecule has 2 heteroatoms. The molecule has 0 aliphatic heterocycles. The van der Waals surface area contributed by atoms with Gasteiger partial charge in [-0.05, 0) is 38.6 Å². The fourth-order valence-electron chi connectivity index (χ4n) is 1.33. The molecule has 0 heterocycles. The van der Waals surface area contributed by atoms with Gasteiger partial charge in [-0.1, -0.05) is 6.58 Å². The fourth-order valence-corrected chi connectivity index (χ4v) is 1.33. The van der Waals surface area contributed by atoms with Crippen LogP contribution in [-0.4, -0.2) is 19.2 Å². The molecule has 0 radical (unpaired) electrons.